The van der Waals surface area contributed by atoms with Crippen molar-refractivity contribution in [3.63, 3.8) is 0 Å². The second kappa shape index (κ2) is 5.08. The van der Waals surface area contributed by atoms with Crippen molar-refractivity contribution in [3.8, 4) is 11.3 Å². The molecule has 0 atom stereocenters. The number of hydrogen-bond donors (Lipinski definition) is 0. The molecular weight excluding hydrogens is 224 g/mol. The van der Waals surface area contributed by atoms with Crippen LogP contribution in [0.5, 0.6) is 0 Å². The van der Waals surface area contributed by atoms with Crippen molar-refractivity contribution in [2.24, 2.45) is 0 Å². The summed E-state index contributed by atoms with van der Waals surface area (Å²) in [6.45, 7) is 5.53. The van der Waals surface area contributed by atoms with E-state index < -0.39 is 0 Å². The predicted octanol–water partition coefficient (Wildman–Crippen LogP) is 2.89. The summed E-state index contributed by atoms with van der Waals surface area (Å²) in [5, 5.41) is 0. The number of nitrogens with zero attached hydrogens (tertiary/aromatic N) is 2. The highest BCUT2D eigenvalue weighted by molar-refractivity contribution is 5.77. The molecule has 0 unspecified atom stereocenters. The molecule has 0 aliphatic carbocycles. The van der Waals surface area contributed by atoms with E-state index in [-0.39, 0.29) is 5.78 Å². The molecule has 0 fully saturated rings. The average Bonchev–Trinajstić information content (AvgIpc) is 2.27. The van der Waals surface area contributed by atoms with Crippen LogP contribution in [0.1, 0.15) is 24.0 Å². The van der Waals surface area contributed by atoms with Crippen LogP contribution in [-0.4, -0.2) is 15.8 Å². The Kier molecular flexibility index (Phi) is 3.51. The maximum Gasteiger partial charge on any atom is 0.137 e. The van der Waals surface area contributed by atoms with Crippen LogP contribution in [-0.2, 0) is 11.2 Å². The van der Waals surface area contributed by atoms with Crippen LogP contribution >= 0.6 is 0 Å². The van der Waals surface area contributed by atoms with E-state index in [0.29, 0.717) is 12.2 Å². The number of aryl methyl sites for hydroxylation is 2. The normalized spacial score (nSPS) is 10.4. The van der Waals surface area contributed by atoms with Crippen molar-refractivity contribution in [3.05, 3.63) is 47.4 Å². The fraction of sp³-hybridized carbons (Fsp3) is 0.267. The van der Waals surface area contributed by atoms with E-state index in [1.807, 2.05) is 31.2 Å². The molecular formula is C15H16N2O. The molecule has 0 spiro atoms. The molecule has 3 heteroatoms. The van der Waals surface area contributed by atoms with Gasteiger partial charge < -0.3 is 0 Å². The number of carbonyl (C=O) groups excluding carboxylic acids is 1. The second-order valence-electron chi connectivity index (χ2n) is 4.50. The highest BCUT2D eigenvalue weighted by atomic mass is 16.1. The maximum atomic E-state index is 11.2. The van der Waals surface area contributed by atoms with Gasteiger partial charge in [0.25, 0.3) is 0 Å². The summed E-state index contributed by atoms with van der Waals surface area (Å²) in [5.74, 6) is 0.678. The standard InChI is InChI=1S/C15H16N2O/c1-10-6-4-5-7-13(10)14-8-11(2)16-15(17-14)9-12(3)18/h4-8H,9H2,1-3H3. The van der Waals surface area contributed by atoms with Gasteiger partial charge in [0.2, 0.25) is 0 Å². The van der Waals surface area contributed by atoms with Gasteiger partial charge in [0, 0.05) is 11.3 Å². The van der Waals surface area contributed by atoms with Crippen LogP contribution in [0.4, 0.5) is 0 Å². The van der Waals surface area contributed by atoms with E-state index in [2.05, 4.69) is 23.0 Å². The van der Waals surface area contributed by atoms with Gasteiger partial charge in [0.15, 0.2) is 0 Å². The van der Waals surface area contributed by atoms with Gasteiger partial charge in [0.1, 0.15) is 11.6 Å². The lowest BCUT2D eigenvalue weighted by atomic mass is 10.1. The van der Waals surface area contributed by atoms with Gasteiger partial charge in [-0.15, -0.1) is 0 Å². The molecule has 3 nitrogen and oxygen atoms in total. The first-order chi connectivity index (χ1) is 8.56. The first-order valence-corrected chi connectivity index (χ1v) is 5.96. The predicted molar refractivity (Wildman–Crippen MR) is 71.3 cm³/mol. The van der Waals surface area contributed by atoms with Gasteiger partial charge in [-0.3, -0.25) is 4.79 Å². The minimum Gasteiger partial charge on any atom is -0.300 e. The van der Waals surface area contributed by atoms with Crippen molar-refractivity contribution >= 4 is 5.78 Å². The van der Waals surface area contributed by atoms with Gasteiger partial charge in [-0.2, -0.15) is 0 Å². The summed E-state index contributed by atoms with van der Waals surface area (Å²) in [6.07, 6.45) is 0.292. The van der Waals surface area contributed by atoms with E-state index in [1.165, 1.54) is 5.56 Å². The Bertz CT molecular complexity index is 591. The van der Waals surface area contributed by atoms with E-state index >= 15 is 0 Å². The van der Waals surface area contributed by atoms with E-state index in [9.17, 15) is 4.79 Å². The van der Waals surface area contributed by atoms with Gasteiger partial charge in [-0.25, -0.2) is 9.97 Å². The quantitative estimate of drug-likeness (QED) is 0.828. The number of Topliss-reactive ketones (excluding diaryl/α,β-unsaturated/α-hetero) is 1. The number of rotatable bonds is 3. The van der Waals surface area contributed by atoms with Crippen molar-refractivity contribution in [2.45, 2.75) is 27.2 Å². The van der Waals surface area contributed by atoms with Gasteiger partial charge in [-0.1, -0.05) is 24.3 Å². The first kappa shape index (κ1) is 12.4. The summed E-state index contributed by atoms with van der Waals surface area (Å²) in [6, 6.07) is 10.0. The van der Waals surface area contributed by atoms with E-state index in [0.717, 1.165) is 17.0 Å². The van der Waals surface area contributed by atoms with Crippen molar-refractivity contribution in [2.75, 3.05) is 0 Å². The van der Waals surface area contributed by atoms with Crippen LogP contribution in [0.3, 0.4) is 0 Å². The highest BCUT2D eigenvalue weighted by Crippen LogP contribution is 2.21. The zero-order valence-electron chi connectivity index (χ0n) is 10.9. The molecule has 0 aliphatic rings. The third kappa shape index (κ3) is 2.80. The lowest BCUT2D eigenvalue weighted by molar-refractivity contribution is -0.116. The maximum absolute atomic E-state index is 11.2. The molecule has 1 heterocycles. The Morgan fingerprint density at radius 3 is 2.56 bits per heavy atom. The minimum atomic E-state index is 0.0799. The fourth-order valence-corrected chi connectivity index (χ4v) is 1.93. The molecule has 0 N–H and O–H groups in total. The third-order valence-corrected chi connectivity index (χ3v) is 2.73. The molecule has 0 bridgehead atoms. The summed E-state index contributed by atoms with van der Waals surface area (Å²) < 4.78 is 0. The van der Waals surface area contributed by atoms with Crippen LogP contribution in [0.25, 0.3) is 11.3 Å². The SMILES string of the molecule is CC(=O)Cc1nc(C)cc(-c2ccccc2C)n1. The Labute approximate surface area is 107 Å². The molecule has 0 saturated carbocycles. The largest absolute Gasteiger partial charge is 0.300 e. The molecule has 0 saturated heterocycles. The first-order valence-electron chi connectivity index (χ1n) is 5.96. The molecule has 2 aromatic rings. The number of benzene rings is 1. The molecule has 0 radical (unpaired) electrons. The minimum absolute atomic E-state index is 0.0799. The van der Waals surface area contributed by atoms with E-state index in [4.69, 9.17) is 0 Å². The number of hydrogen-bond acceptors (Lipinski definition) is 3. The molecule has 92 valence electrons. The van der Waals surface area contributed by atoms with Crippen LogP contribution in [0.2, 0.25) is 0 Å². The Balaban J connectivity index is 2.48. The average molecular weight is 240 g/mol. The molecule has 1 aromatic heterocycles. The van der Waals surface area contributed by atoms with Crippen LogP contribution in [0, 0.1) is 13.8 Å². The third-order valence-electron chi connectivity index (χ3n) is 2.73. The van der Waals surface area contributed by atoms with Gasteiger partial charge in [0.05, 0.1) is 12.1 Å². The lowest BCUT2D eigenvalue weighted by Gasteiger charge is -2.07. The zero-order valence-corrected chi connectivity index (χ0v) is 10.9. The Hall–Kier alpha value is -2.03. The van der Waals surface area contributed by atoms with Crippen molar-refractivity contribution in [1.82, 2.24) is 9.97 Å². The Morgan fingerprint density at radius 2 is 1.89 bits per heavy atom. The fourth-order valence-electron chi connectivity index (χ4n) is 1.93. The van der Waals surface area contributed by atoms with Crippen LogP contribution in [0.15, 0.2) is 30.3 Å². The number of aromatic nitrogens is 2. The van der Waals surface area contributed by atoms with E-state index in [1.54, 1.807) is 6.92 Å². The van der Waals surface area contributed by atoms with Crippen molar-refractivity contribution in [1.29, 1.82) is 0 Å². The summed E-state index contributed by atoms with van der Waals surface area (Å²) in [7, 11) is 0. The van der Waals surface area contributed by atoms with Gasteiger partial charge in [-0.05, 0) is 32.4 Å². The van der Waals surface area contributed by atoms with Crippen molar-refractivity contribution < 1.29 is 4.79 Å². The zero-order chi connectivity index (χ0) is 13.1. The van der Waals surface area contributed by atoms with Crippen LogP contribution < -0.4 is 0 Å². The molecule has 0 aliphatic heterocycles. The molecule has 2 rings (SSSR count). The summed E-state index contributed by atoms with van der Waals surface area (Å²) >= 11 is 0. The molecule has 1 aromatic carbocycles. The highest BCUT2D eigenvalue weighted by Gasteiger charge is 2.08. The van der Waals surface area contributed by atoms with Gasteiger partial charge >= 0.3 is 0 Å². The second-order valence-corrected chi connectivity index (χ2v) is 4.50. The molecule has 0 amide bonds. The Morgan fingerprint density at radius 1 is 1.17 bits per heavy atom. The monoisotopic (exact) mass is 240 g/mol. The lowest BCUT2D eigenvalue weighted by Crippen LogP contribution is -2.04. The number of carbonyl (C=O) groups is 1. The molecule has 18 heavy (non-hydrogen) atoms. The topological polar surface area (TPSA) is 42.9 Å². The summed E-state index contributed by atoms with van der Waals surface area (Å²) in [5.41, 5.74) is 4.04. The summed E-state index contributed by atoms with van der Waals surface area (Å²) in [4.78, 5) is 19.9. The number of ketones is 1. The smallest absolute Gasteiger partial charge is 0.137 e.